The summed E-state index contributed by atoms with van der Waals surface area (Å²) in [6.07, 6.45) is 11.2. The van der Waals surface area contributed by atoms with E-state index in [1.807, 2.05) is 36.7 Å². The average Bonchev–Trinajstić information content (AvgIpc) is 3.32. The van der Waals surface area contributed by atoms with Crippen molar-refractivity contribution in [3.8, 4) is 23.3 Å². The average molecular weight is 807 g/mol. The normalized spacial score (nSPS) is 26.9. The zero-order chi connectivity index (χ0) is 40.7. The van der Waals surface area contributed by atoms with E-state index >= 15 is 0 Å². The van der Waals surface area contributed by atoms with E-state index in [1.54, 1.807) is 14.2 Å². The molecule has 6 saturated heterocycles. The predicted molar refractivity (Wildman–Crippen MR) is 236 cm³/mol. The topological polar surface area (TPSA) is 95.0 Å². The second kappa shape index (κ2) is 16.8. The lowest BCUT2D eigenvalue weighted by molar-refractivity contribution is -0.0177. The number of fused-ring (bicyclic) bond motifs is 9. The van der Waals surface area contributed by atoms with Crippen LogP contribution in [0.15, 0.2) is 85.2 Å². The van der Waals surface area contributed by atoms with Crippen molar-refractivity contribution in [2.45, 2.75) is 76.3 Å². The van der Waals surface area contributed by atoms with Gasteiger partial charge in [-0.1, -0.05) is 38.8 Å². The van der Waals surface area contributed by atoms with Gasteiger partial charge in [0, 0.05) is 60.2 Å². The third-order valence-electron chi connectivity index (χ3n) is 15.0. The highest BCUT2D eigenvalue weighted by atomic mass is 16.5. The molecule has 4 bridgehead atoms. The second-order valence-electron chi connectivity index (χ2n) is 17.8. The van der Waals surface area contributed by atoms with E-state index < -0.39 is 0 Å². The maximum atomic E-state index is 6.89. The zero-order valence-corrected chi connectivity index (χ0v) is 35.5. The van der Waals surface area contributed by atoms with Crippen LogP contribution in [-0.2, 0) is 0 Å². The van der Waals surface area contributed by atoms with Gasteiger partial charge in [0.15, 0.2) is 0 Å². The summed E-state index contributed by atoms with van der Waals surface area (Å²) < 4.78 is 25.2. The van der Waals surface area contributed by atoms with Crippen molar-refractivity contribution >= 4 is 32.6 Å². The van der Waals surface area contributed by atoms with Gasteiger partial charge in [-0.25, -0.2) is 0 Å². The quantitative estimate of drug-likeness (QED) is 0.106. The van der Waals surface area contributed by atoms with E-state index in [0.29, 0.717) is 37.1 Å². The molecule has 10 nitrogen and oxygen atoms in total. The van der Waals surface area contributed by atoms with E-state index in [0.717, 1.165) is 93.9 Å². The van der Waals surface area contributed by atoms with Crippen molar-refractivity contribution in [3.05, 3.63) is 96.3 Å². The first-order chi connectivity index (χ1) is 29.5. The Morgan fingerprint density at radius 1 is 0.600 bits per heavy atom. The Hall–Kier alpha value is -5.06. The van der Waals surface area contributed by atoms with Gasteiger partial charge in [0.2, 0.25) is 11.8 Å². The highest BCUT2D eigenvalue weighted by molar-refractivity contribution is 5.90. The highest BCUT2D eigenvalue weighted by Crippen LogP contribution is 2.46. The summed E-state index contributed by atoms with van der Waals surface area (Å²) in [6.45, 7) is 10.2. The largest absolute Gasteiger partial charge is 0.497 e. The minimum absolute atomic E-state index is 0.0994. The smallest absolute Gasteiger partial charge is 0.241 e. The van der Waals surface area contributed by atoms with E-state index in [2.05, 4.69) is 72.2 Å². The third kappa shape index (κ3) is 7.19. The molecule has 0 spiro atoms. The van der Waals surface area contributed by atoms with Crippen molar-refractivity contribution in [2.24, 2.45) is 23.7 Å². The molecule has 0 amide bonds. The molecule has 3 aromatic heterocycles. The SMILES string of the molecule is CCC1CN2CCC1C[C@H]2[C@H](COc1nnc(OC[C@H](c2ccnc3ccc(OC)cc23)[C@@H]2CC3CCN2CC3CC)c2ccccc12)c1ccnc2ccc(OC)cc12. The number of benzene rings is 3. The molecule has 9 heterocycles. The number of hydrogen-bond acceptors (Lipinski definition) is 10. The fourth-order valence-electron chi connectivity index (χ4n) is 11.7. The maximum absolute atomic E-state index is 6.89. The number of rotatable bonds is 14. The summed E-state index contributed by atoms with van der Waals surface area (Å²) in [4.78, 5) is 15.0. The minimum Gasteiger partial charge on any atom is -0.497 e. The monoisotopic (exact) mass is 806 g/mol. The maximum Gasteiger partial charge on any atom is 0.241 e. The van der Waals surface area contributed by atoms with Gasteiger partial charge >= 0.3 is 0 Å². The molecule has 0 aliphatic carbocycles. The van der Waals surface area contributed by atoms with Crippen molar-refractivity contribution in [3.63, 3.8) is 0 Å². The molecule has 6 fully saturated rings. The van der Waals surface area contributed by atoms with Gasteiger partial charge in [0.05, 0.1) is 49.2 Å². The number of aromatic nitrogens is 4. The summed E-state index contributed by atoms with van der Waals surface area (Å²) in [5.41, 5.74) is 4.42. The molecule has 312 valence electrons. The van der Waals surface area contributed by atoms with E-state index in [9.17, 15) is 0 Å². The van der Waals surface area contributed by atoms with Gasteiger partial charge < -0.3 is 18.9 Å². The molecule has 3 aromatic carbocycles. The van der Waals surface area contributed by atoms with E-state index in [-0.39, 0.29) is 11.8 Å². The molecular weight excluding hydrogens is 749 g/mol. The molecule has 6 aliphatic heterocycles. The van der Waals surface area contributed by atoms with Gasteiger partial charge in [-0.05, 0) is 134 Å². The Morgan fingerprint density at radius 2 is 1.07 bits per heavy atom. The van der Waals surface area contributed by atoms with Crippen LogP contribution in [0.5, 0.6) is 23.3 Å². The molecule has 0 radical (unpaired) electrons. The molecule has 0 N–H and O–H groups in total. The molecule has 0 saturated carbocycles. The Morgan fingerprint density at radius 3 is 1.47 bits per heavy atom. The number of piperidine rings is 6. The standard InChI is InChI=1S/C50H58N6O4/c1-5-31-27-55-21-17-33(31)23-47(55)43(37-15-19-51-45-13-11-35(57-3)25-41(37)45)29-59-49-39-9-7-8-10-40(39)50(54-53-49)60-30-44(48-24-34-18-22-56(48)28-32(34)6-2)38-16-20-52-46-14-12-36(58-4)26-42(38)46/h7-16,19-20,25-26,31-34,43-44,47-48H,5-6,17-18,21-24,27-30H2,1-4H3/t31?,32?,33?,34?,43-,44-,47+,48+/m1/s1. The molecular formula is C50H58N6O4. The van der Waals surface area contributed by atoms with Gasteiger partial charge in [-0.3, -0.25) is 19.8 Å². The lowest BCUT2D eigenvalue weighted by atomic mass is 9.70. The molecule has 6 unspecified atom stereocenters. The van der Waals surface area contributed by atoms with Crippen LogP contribution in [0, 0.1) is 23.7 Å². The summed E-state index contributed by atoms with van der Waals surface area (Å²) in [5, 5.41) is 13.6. The van der Waals surface area contributed by atoms with Crippen molar-refractivity contribution in [2.75, 3.05) is 53.6 Å². The first-order valence-corrected chi connectivity index (χ1v) is 22.4. The molecule has 12 rings (SSSR count). The van der Waals surface area contributed by atoms with Crippen LogP contribution >= 0.6 is 0 Å². The van der Waals surface area contributed by atoms with Gasteiger partial charge in [0.1, 0.15) is 11.5 Å². The van der Waals surface area contributed by atoms with Crippen LogP contribution in [0.3, 0.4) is 0 Å². The Labute approximate surface area is 353 Å². The summed E-state index contributed by atoms with van der Waals surface area (Å²) in [7, 11) is 3.45. The predicted octanol–water partition coefficient (Wildman–Crippen LogP) is 9.31. The van der Waals surface area contributed by atoms with Crippen LogP contribution in [-0.4, -0.2) is 95.7 Å². The third-order valence-corrected chi connectivity index (χ3v) is 15.0. The van der Waals surface area contributed by atoms with E-state index in [1.165, 1.54) is 49.7 Å². The van der Waals surface area contributed by atoms with Crippen LogP contribution < -0.4 is 18.9 Å². The Bertz CT molecular complexity index is 2310. The second-order valence-corrected chi connectivity index (χ2v) is 17.8. The number of pyridine rings is 2. The van der Waals surface area contributed by atoms with Gasteiger partial charge in [0.25, 0.3) is 0 Å². The fourth-order valence-corrected chi connectivity index (χ4v) is 11.7. The Balaban J connectivity index is 0.967. The summed E-state index contributed by atoms with van der Waals surface area (Å²) in [6, 6.07) is 25.7. The van der Waals surface area contributed by atoms with Crippen LogP contribution in [0.2, 0.25) is 0 Å². The molecule has 6 aromatic rings. The fraction of sp³-hybridized carbons (Fsp3) is 0.480. The van der Waals surface area contributed by atoms with Crippen LogP contribution in [0.1, 0.15) is 75.3 Å². The van der Waals surface area contributed by atoms with Crippen molar-refractivity contribution < 1.29 is 18.9 Å². The number of hydrogen-bond donors (Lipinski definition) is 0. The van der Waals surface area contributed by atoms with Crippen molar-refractivity contribution in [1.29, 1.82) is 0 Å². The molecule has 6 aliphatic rings. The lowest BCUT2D eigenvalue weighted by Gasteiger charge is -2.52. The van der Waals surface area contributed by atoms with Gasteiger partial charge in [-0.15, -0.1) is 10.2 Å². The number of nitrogens with zero attached hydrogens (tertiary/aromatic N) is 6. The number of methoxy groups -OCH3 is 2. The zero-order valence-electron chi connectivity index (χ0n) is 35.5. The first-order valence-electron chi connectivity index (χ1n) is 22.4. The van der Waals surface area contributed by atoms with E-state index in [4.69, 9.17) is 39.1 Å². The molecule has 60 heavy (non-hydrogen) atoms. The van der Waals surface area contributed by atoms with Crippen LogP contribution in [0.25, 0.3) is 32.6 Å². The summed E-state index contributed by atoms with van der Waals surface area (Å²) in [5.74, 6) is 5.91. The van der Waals surface area contributed by atoms with Crippen molar-refractivity contribution in [1.82, 2.24) is 30.0 Å². The minimum atomic E-state index is 0.0994. The molecule has 10 atom stereocenters. The molecule has 10 heteroatoms. The van der Waals surface area contributed by atoms with Gasteiger partial charge in [-0.2, -0.15) is 0 Å². The Kier molecular flexibility index (Phi) is 10.9. The lowest BCUT2D eigenvalue weighted by Crippen LogP contribution is -2.55. The summed E-state index contributed by atoms with van der Waals surface area (Å²) >= 11 is 0. The van der Waals surface area contributed by atoms with Crippen LogP contribution in [0.4, 0.5) is 0 Å². The number of ether oxygens (including phenoxy) is 4. The highest BCUT2D eigenvalue weighted by Gasteiger charge is 2.45. The first kappa shape index (κ1) is 39.1.